The summed E-state index contributed by atoms with van der Waals surface area (Å²) < 4.78 is 1.86. The van der Waals surface area contributed by atoms with Gasteiger partial charge in [-0.1, -0.05) is 0 Å². The van der Waals surface area contributed by atoms with E-state index in [0.29, 0.717) is 5.69 Å². The van der Waals surface area contributed by atoms with Gasteiger partial charge in [-0.05, 0) is 18.6 Å². The predicted molar refractivity (Wildman–Crippen MR) is 78.0 cm³/mol. The Kier molecular flexibility index (Phi) is 4.54. The van der Waals surface area contributed by atoms with Crippen LogP contribution in [0.3, 0.4) is 0 Å². The van der Waals surface area contributed by atoms with E-state index in [4.69, 9.17) is 0 Å². The molecule has 7 nitrogen and oxygen atoms in total. The SMILES string of the molecule is CNc1cc(NCCCn2cccn2)cc([N+](=O)[O-])c1. The fourth-order valence-corrected chi connectivity index (χ4v) is 1.87. The Morgan fingerprint density at radius 3 is 2.80 bits per heavy atom. The largest absolute Gasteiger partial charge is 0.388 e. The number of nitrogens with one attached hydrogen (secondary N) is 2. The Hall–Kier alpha value is -2.57. The van der Waals surface area contributed by atoms with Gasteiger partial charge in [0.15, 0.2) is 0 Å². The third-order valence-electron chi connectivity index (χ3n) is 2.87. The van der Waals surface area contributed by atoms with Crippen LogP contribution in [0.4, 0.5) is 17.1 Å². The Morgan fingerprint density at radius 1 is 1.35 bits per heavy atom. The molecule has 2 aromatic rings. The van der Waals surface area contributed by atoms with Crippen molar-refractivity contribution in [2.75, 3.05) is 24.2 Å². The van der Waals surface area contributed by atoms with Gasteiger partial charge in [-0.25, -0.2) is 0 Å². The number of nitrogens with zero attached hydrogens (tertiary/aromatic N) is 3. The summed E-state index contributed by atoms with van der Waals surface area (Å²) in [6.45, 7) is 1.54. The Bertz CT molecular complexity index is 568. The molecule has 2 N–H and O–H groups in total. The van der Waals surface area contributed by atoms with Gasteiger partial charge < -0.3 is 10.6 Å². The van der Waals surface area contributed by atoms with Gasteiger partial charge in [-0.2, -0.15) is 5.10 Å². The Balaban J connectivity index is 1.91. The van der Waals surface area contributed by atoms with Crippen LogP contribution in [0, 0.1) is 10.1 Å². The van der Waals surface area contributed by atoms with E-state index >= 15 is 0 Å². The highest BCUT2D eigenvalue weighted by atomic mass is 16.6. The first-order chi connectivity index (χ1) is 9.69. The molecule has 0 bridgehead atoms. The fourth-order valence-electron chi connectivity index (χ4n) is 1.87. The molecule has 0 aliphatic heterocycles. The summed E-state index contributed by atoms with van der Waals surface area (Å²) in [6, 6.07) is 6.78. The molecular formula is C13H17N5O2. The van der Waals surface area contributed by atoms with Gasteiger partial charge >= 0.3 is 0 Å². The number of hydrogen-bond acceptors (Lipinski definition) is 5. The lowest BCUT2D eigenvalue weighted by atomic mass is 10.2. The average Bonchev–Trinajstić information content (AvgIpc) is 2.96. The quantitative estimate of drug-likeness (QED) is 0.460. The van der Waals surface area contributed by atoms with Crippen LogP contribution < -0.4 is 10.6 Å². The smallest absolute Gasteiger partial charge is 0.273 e. The molecule has 7 heteroatoms. The van der Waals surface area contributed by atoms with E-state index in [0.717, 1.165) is 25.2 Å². The van der Waals surface area contributed by atoms with Crippen LogP contribution in [0.25, 0.3) is 0 Å². The number of aromatic nitrogens is 2. The summed E-state index contributed by atoms with van der Waals surface area (Å²) in [4.78, 5) is 10.5. The number of hydrogen-bond donors (Lipinski definition) is 2. The van der Waals surface area contributed by atoms with Crippen LogP contribution in [-0.4, -0.2) is 28.3 Å². The number of anilines is 2. The van der Waals surface area contributed by atoms with Crippen LogP contribution in [-0.2, 0) is 6.54 Å². The zero-order valence-electron chi connectivity index (χ0n) is 11.2. The van der Waals surface area contributed by atoms with Crippen molar-refractivity contribution in [1.29, 1.82) is 0 Å². The monoisotopic (exact) mass is 275 g/mol. The van der Waals surface area contributed by atoms with Crippen LogP contribution >= 0.6 is 0 Å². The molecule has 1 aromatic carbocycles. The van der Waals surface area contributed by atoms with Crippen LogP contribution in [0.5, 0.6) is 0 Å². The standard InChI is InChI=1S/C13H17N5O2/c1-14-11-8-12(10-13(9-11)18(19)20)15-4-2-6-17-7-3-5-16-17/h3,5,7-10,14-15H,2,4,6H2,1H3. The van der Waals surface area contributed by atoms with E-state index < -0.39 is 4.92 Å². The highest BCUT2D eigenvalue weighted by molar-refractivity contribution is 5.63. The second kappa shape index (κ2) is 6.55. The number of rotatable bonds is 7. The zero-order valence-corrected chi connectivity index (χ0v) is 11.2. The second-order valence-electron chi connectivity index (χ2n) is 4.33. The molecule has 0 saturated heterocycles. The lowest BCUT2D eigenvalue weighted by Crippen LogP contribution is -2.07. The Labute approximate surface area is 116 Å². The summed E-state index contributed by atoms with van der Waals surface area (Å²) >= 11 is 0. The summed E-state index contributed by atoms with van der Waals surface area (Å²) in [5.41, 5.74) is 1.53. The van der Waals surface area contributed by atoms with E-state index in [1.807, 2.05) is 23.0 Å². The van der Waals surface area contributed by atoms with Crippen molar-refractivity contribution in [2.24, 2.45) is 0 Å². The number of nitro benzene ring substituents is 1. The molecule has 0 atom stereocenters. The molecule has 0 radical (unpaired) electrons. The minimum atomic E-state index is -0.393. The van der Waals surface area contributed by atoms with E-state index in [2.05, 4.69) is 15.7 Å². The normalized spacial score (nSPS) is 10.2. The van der Waals surface area contributed by atoms with Gasteiger partial charge in [0, 0.05) is 56.0 Å². The van der Waals surface area contributed by atoms with E-state index in [-0.39, 0.29) is 5.69 Å². The molecule has 2 rings (SSSR count). The summed E-state index contributed by atoms with van der Waals surface area (Å²) in [5.74, 6) is 0. The van der Waals surface area contributed by atoms with Gasteiger partial charge in [0.1, 0.15) is 0 Å². The maximum Gasteiger partial charge on any atom is 0.273 e. The molecule has 0 amide bonds. The molecule has 0 aliphatic rings. The lowest BCUT2D eigenvalue weighted by molar-refractivity contribution is -0.384. The van der Waals surface area contributed by atoms with Crippen LogP contribution in [0.2, 0.25) is 0 Å². The van der Waals surface area contributed by atoms with Crippen LogP contribution in [0.15, 0.2) is 36.7 Å². The topological polar surface area (TPSA) is 85.0 Å². The minimum Gasteiger partial charge on any atom is -0.388 e. The second-order valence-corrected chi connectivity index (χ2v) is 4.33. The summed E-state index contributed by atoms with van der Waals surface area (Å²) in [6.07, 6.45) is 4.54. The van der Waals surface area contributed by atoms with Crippen molar-refractivity contribution in [3.05, 3.63) is 46.8 Å². The van der Waals surface area contributed by atoms with Crippen molar-refractivity contribution in [3.8, 4) is 0 Å². The first-order valence-electron chi connectivity index (χ1n) is 6.37. The molecule has 0 aliphatic carbocycles. The molecule has 1 aromatic heterocycles. The first kappa shape index (κ1) is 13.9. The number of nitro groups is 1. The molecule has 106 valence electrons. The van der Waals surface area contributed by atoms with Gasteiger partial charge in [0.25, 0.3) is 5.69 Å². The molecule has 0 spiro atoms. The lowest BCUT2D eigenvalue weighted by Gasteiger charge is -2.08. The summed E-state index contributed by atoms with van der Waals surface area (Å²) in [7, 11) is 1.74. The third-order valence-corrected chi connectivity index (χ3v) is 2.87. The van der Waals surface area contributed by atoms with E-state index in [1.54, 1.807) is 13.2 Å². The molecule has 1 heterocycles. The number of benzene rings is 1. The maximum absolute atomic E-state index is 10.8. The highest BCUT2D eigenvalue weighted by Crippen LogP contribution is 2.23. The molecule has 0 fully saturated rings. The van der Waals surface area contributed by atoms with Gasteiger partial charge in [-0.3, -0.25) is 14.8 Å². The predicted octanol–water partition coefficient (Wildman–Crippen LogP) is 2.34. The zero-order chi connectivity index (χ0) is 14.4. The highest BCUT2D eigenvalue weighted by Gasteiger charge is 2.08. The third kappa shape index (κ3) is 3.71. The molecular weight excluding hydrogens is 258 g/mol. The van der Waals surface area contributed by atoms with Crippen LogP contribution in [0.1, 0.15) is 6.42 Å². The van der Waals surface area contributed by atoms with Crippen molar-refractivity contribution < 1.29 is 4.92 Å². The van der Waals surface area contributed by atoms with Crippen molar-refractivity contribution in [3.63, 3.8) is 0 Å². The van der Waals surface area contributed by atoms with E-state index in [9.17, 15) is 10.1 Å². The molecule has 0 saturated carbocycles. The van der Waals surface area contributed by atoms with E-state index in [1.165, 1.54) is 12.1 Å². The Morgan fingerprint density at radius 2 is 2.15 bits per heavy atom. The van der Waals surface area contributed by atoms with Crippen molar-refractivity contribution >= 4 is 17.1 Å². The number of non-ortho nitro benzene ring substituents is 1. The molecule has 20 heavy (non-hydrogen) atoms. The van der Waals surface area contributed by atoms with Crippen molar-refractivity contribution in [2.45, 2.75) is 13.0 Å². The first-order valence-corrected chi connectivity index (χ1v) is 6.37. The number of aryl methyl sites for hydroxylation is 1. The van der Waals surface area contributed by atoms with Gasteiger partial charge in [-0.15, -0.1) is 0 Å². The van der Waals surface area contributed by atoms with Crippen molar-refractivity contribution in [1.82, 2.24) is 9.78 Å². The van der Waals surface area contributed by atoms with Gasteiger partial charge in [0.2, 0.25) is 0 Å². The molecule has 0 unspecified atom stereocenters. The fraction of sp³-hybridized carbons (Fsp3) is 0.308. The summed E-state index contributed by atoms with van der Waals surface area (Å²) in [5, 5.41) is 21.1. The average molecular weight is 275 g/mol. The van der Waals surface area contributed by atoms with Gasteiger partial charge in [0.05, 0.1) is 4.92 Å². The minimum absolute atomic E-state index is 0.0754. The maximum atomic E-state index is 10.8.